The number of hydrogen-bond acceptors (Lipinski definition) is 2. The minimum absolute atomic E-state index is 0.424. The Kier molecular flexibility index (Phi) is 2.69. The van der Waals surface area contributed by atoms with E-state index in [9.17, 15) is 4.79 Å². The molecule has 0 radical (unpaired) electrons. The van der Waals surface area contributed by atoms with Crippen LogP contribution in [-0.2, 0) is 6.42 Å². The van der Waals surface area contributed by atoms with Crippen LogP contribution in [-0.4, -0.2) is 11.3 Å². The predicted molar refractivity (Wildman–Crippen MR) is 44.5 cm³/mol. The summed E-state index contributed by atoms with van der Waals surface area (Å²) in [5, 5.41) is 8.36. The van der Waals surface area contributed by atoms with Gasteiger partial charge in [-0.15, -0.1) is 0 Å². The molecule has 0 bridgehead atoms. The summed E-state index contributed by atoms with van der Waals surface area (Å²) in [5.74, 6) is 0.424. The highest BCUT2D eigenvalue weighted by atomic mass is 16.7. The van der Waals surface area contributed by atoms with Crippen LogP contribution in [0.4, 0.5) is 4.79 Å². The highest BCUT2D eigenvalue weighted by molar-refractivity contribution is 5.61. The topological polar surface area (TPSA) is 46.5 Å². The maximum absolute atomic E-state index is 10.2. The Morgan fingerprint density at radius 2 is 2.17 bits per heavy atom. The Hall–Kier alpha value is -1.51. The number of benzene rings is 1. The van der Waals surface area contributed by atoms with Gasteiger partial charge >= 0.3 is 6.16 Å². The molecule has 12 heavy (non-hydrogen) atoms. The number of aryl methyl sites for hydroxylation is 1. The molecule has 0 aliphatic heterocycles. The van der Waals surface area contributed by atoms with Crippen molar-refractivity contribution in [1.29, 1.82) is 0 Å². The molecule has 0 fully saturated rings. The molecule has 0 atom stereocenters. The minimum Gasteiger partial charge on any atom is -0.449 e. The zero-order valence-electron chi connectivity index (χ0n) is 6.78. The second-order valence-electron chi connectivity index (χ2n) is 2.33. The smallest absolute Gasteiger partial charge is 0.449 e. The Bertz CT molecular complexity index is 281. The van der Waals surface area contributed by atoms with Crippen LogP contribution in [0.1, 0.15) is 12.5 Å². The van der Waals surface area contributed by atoms with Gasteiger partial charge in [0.25, 0.3) is 0 Å². The molecule has 64 valence electrons. The third-order valence-electron chi connectivity index (χ3n) is 1.55. The van der Waals surface area contributed by atoms with E-state index in [-0.39, 0.29) is 0 Å². The monoisotopic (exact) mass is 166 g/mol. The van der Waals surface area contributed by atoms with E-state index in [1.807, 2.05) is 19.1 Å². The minimum atomic E-state index is -1.27. The zero-order chi connectivity index (χ0) is 8.97. The Balaban J connectivity index is 2.89. The number of carbonyl (C=O) groups is 1. The number of rotatable bonds is 2. The lowest BCUT2D eigenvalue weighted by Crippen LogP contribution is -2.04. The number of hydrogen-bond donors (Lipinski definition) is 1. The van der Waals surface area contributed by atoms with Gasteiger partial charge in [-0.05, 0) is 18.1 Å². The lowest BCUT2D eigenvalue weighted by Gasteiger charge is -2.04. The molecule has 0 spiro atoms. The summed E-state index contributed by atoms with van der Waals surface area (Å²) >= 11 is 0. The second-order valence-corrected chi connectivity index (χ2v) is 2.33. The van der Waals surface area contributed by atoms with Crippen LogP contribution in [0.3, 0.4) is 0 Å². The van der Waals surface area contributed by atoms with Crippen LogP contribution in [0.5, 0.6) is 5.75 Å². The predicted octanol–water partition coefficient (Wildman–Crippen LogP) is 2.31. The summed E-state index contributed by atoms with van der Waals surface area (Å²) in [6.45, 7) is 1.95. The standard InChI is InChI=1S/C9H10O3/c1-2-7-5-3-4-6-8(7)12-9(10)11/h3-6H,2H2,1H3,(H,10,11). The van der Waals surface area contributed by atoms with E-state index in [1.54, 1.807) is 12.1 Å². The van der Waals surface area contributed by atoms with Crippen molar-refractivity contribution < 1.29 is 14.6 Å². The van der Waals surface area contributed by atoms with Crippen molar-refractivity contribution in [3.63, 3.8) is 0 Å². The van der Waals surface area contributed by atoms with Gasteiger partial charge in [-0.3, -0.25) is 0 Å². The molecule has 0 aliphatic carbocycles. The van der Waals surface area contributed by atoms with Gasteiger partial charge in [0.2, 0.25) is 0 Å². The summed E-state index contributed by atoms with van der Waals surface area (Å²) in [5.41, 5.74) is 0.903. The SMILES string of the molecule is CCc1ccccc1OC(=O)O. The molecule has 3 nitrogen and oxygen atoms in total. The Morgan fingerprint density at radius 1 is 1.50 bits per heavy atom. The third-order valence-corrected chi connectivity index (χ3v) is 1.55. The molecular formula is C9H10O3. The summed E-state index contributed by atoms with van der Waals surface area (Å²) < 4.78 is 4.55. The maximum atomic E-state index is 10.2. The number of ether oxygens (including phenoxy) is 1. The first-order valence-electron chi connectivity index (χ1n) is 3.72. The first kappa shape index (κ1) is 8.59. The van der Waals surface area contributed by atoms with Crippen molar-refractivity contribution >= 4 is 6.16 Å². The molecule has 0 aromatic heterocycles. The van der Waals surface area contributed by atoms with Gasteiger partial charge in [0, 0.05) is 0 Å². The van der Waals surface area contributed by atoms with Crippen molar-refractivity contribution in [2.75, 3.05) is 0 Å². The van der Waals surface area contributed by atoms with Gasteiger partial charge in [0.15, 0.2) is 0 Å². The van der Waals surface area contributed by atoms with Gasteiger partial charge in [-0.25, -0.2) is 4.79 Å². The maximum Gasteiger partial charge on any atom is 0.511 e. The molecule has 0 unspecified atom stereocenters. The lowest BCUT2D eigenvalue weighted by molar-refractivity contribution is 0.144. The average molecular weight is 166 g/mol. The van der Waals surface area contributed by atoms with Crippen LogP contribution in [0.25, 0.3) is 0 Å². The molecule has 0 heterocycles. The number of para-hydroxylation sites is 1. The van der Waals surface area contributed by atoms with Crippen LogP contribution in [0.2, 0.25) is 0 Å². The molecule has 0 amide bonds. The third kappa shape index (κ3) is 1.99. The van der Waals surface area contributed by atoms with Crippen LogP contribution in [0, 0.1) is 0 Å². The highest BCUT2D eigenvalue weighted by Gasteiger charge is 2.04. The van der Waals surface area contributed by atoms with Gasteiger partial charge in [-0.2, -0.15) is 0 Å². The summed E-state index contributed by atoms with van der Waals surface area (Å²) in [4.78, 5) is 10.2. The molecule has 1 N–H and O–H groups in total. The van der Waals surface area contributed by atoms with Crippen molar-refractivity contribution in [3.05, 3.63) is 29.8 Å². The van der Waals surface area contributed by atoms with Crippen LogP contribution in [0.15, 0.2) is 24.3 Å². The van der Waals surface area contributed by atoms with Crippen molar-refractivity contribution in [1.82, 2.24) is 0 Å². The van der Waals surface area contributed by atoms with E-state index in [2.05, 4.69) is 4.74 Å². The molecule has 1 aromatic carbocycles. The fourth-order valence-electron chi connectivity index (χ4n) is 0.990. The molecule has 1 rings (SSSR count). The molecule has 0 saturated carbocycles. The fourth-order valence-corrected chi connectivity index (χ4v) is 0.990. The molecule has 3 heteroatoms. The Labute approximate surface area is 70.6 Å². The molecular weight excluding hydrogens is 156 g/mol. The van der Waals surface area contributed by atoms with Gasteiger partial charge in [0.1, 0.15) is 5.75 Å². The van der Waals surface area contributed by atoms with E-state index < -0.39 is 6.16 Å². The van der Waals surface area contributed by atoms with E-state index in [0.717, 1.165) is 12.0 Å². The highest BCUT2D eigenvalue weighted by Crippen LogP contribution is 2.17. The Morgan fingerprint density at radius 3 is 2.75 bits per heavy atom. The molecule has 0 saturated heterocycles. The summed E-state index contributed by atoms with van der Waals surface area (Å²) in [6, 6.07) is 7.09. The van der Waals surface area contributed by atoms with E-state index >= 15 is 0 Å². The quantitative estimate of drug-likeness (QED) is 0.541. The van der Waals surface area contributed by atoms with Gasteiger partial charge in [-0.1, -0.05) is 25.1 Å². The van der Waals surface area contributed by atoms with E-state index in [4.69, 9.17) is 5.11 Å². The normalized spacial score (nSPS) is 9.42. The summed E-state index contributed by atoms with van der Waals surface area (Å²) in [6.07, 6.45) is -0.500. The first-order valence-corrected chi connectivity index (χ1v) is 3.72. The average Bonchev–Trinajstić information content (AvgIpc) is 2.04. The second kappa shape index (κ2) is 3.76. The van der Waals surface area contributed by atoms with Crippen molar-refractivity contribution in [3.8, 4) is 5.75 Å². The largest absolute Gasteiger partial charge is 0.511 e. The van der Waals surface area contributed by atoms with Gasteiger partial charge in [0.05, 0.1) is 0 Å². The summed E-state index contributed by atoms with van der Waals surface area (Å²) in [7, 11) is 0. The lowest BCUT2D eigenvalue weighted by atomic mass is 10.1. The zero-order valence-corrected chi connectivity index (χ0v) is 6.78. The van der Waals surface area contributed by atoms with Gasteiger partial charge < -0.3 is 9.84 Å². The van der Waals surface area contributed by atoms with E-state index in [1.165, 1.54) is 0 Å². The molecule has 0 aliphatic rings. The van der Waals surface area contributed by atoms with Crippen molar-refractivity contribution in [2.24, 2.45) is 0 Å². The van der Waals surface area contributed by atoms with E-state index in [0.29, 0.717) is 5.75 Å². The van der Waals surface area contributed by atoms with Crippen LogP contribution >= 0.6 is 0 Å². The molecule has 1 aromatic rings. The fraction of sp³-hybridized carbons (Fsp3) is 0.222. The van der Waals surface area contributed by atoms with Crippen LogP contribution < -0.4 is 4.74 Å². The number of carboxylic acid groups (broad SMARTS) is 1. The first-order chi connectivity index (χ1) is 5.74. The van der Waals surface area contributed by atoms with Crippen molar-refractivity contribution in [2.45, 2.75) is 13.3 Å².